The van der Waals surface area contributed by atoms with Crippen LogP contribution in [0.1, 0.15) is 18.4 Å². The first-order valence-electron chi connectivity index (χ1n) is 10.7. The number of methoxy groups -OCH3 is 1. The first-order valence-corrected chi connectivity index (χ1v) is 13.3. The summed E-state index contributed by atoms with van der Waals surface area (Å²) in [7, 11) is -1.57. The number of fused-ring (bicyclic) bond motifs is 1. The van der Waals surface area contributed by atoms with Gasteiger partial charge in [-0.15, -0.1) is 0 Å². The van der Waals surface area contributed by atoms with Gasteiger partial charge in [0.15, 0.2) is 15.0 Å². The van der Waals surface area contributed by atoms with Crippen LogP contribution in [0, 0.1) is 0 Å². The fraction of sp³-hybridized carbons (Fsp3) is 0.391. The molecule has 1 saturated heterocycles. The number of carbonyl (C=O) groups excluding carboxylic acids is 1. The average molecular weight is 474 g/mol. The first kappa shape index (κ1) is 22.5. The molecule has 2 aromatic carbocycles. The highest BCUT2D eigenvalue weighted by atomic mass is 32.2. The van der Waals surface area contributed by atoms with Gasteiger partial charge in [0, 0.05) is 32.6 Å². The molecule has 0 bridgehead atoms. The lowest BCUT2D eigenvalue weighted by Crippen LogP contribution is -2.48. The highest BCUT2D eigenvalue weighted by Crippen LogP contribution is 2.31. The molecule has 0 aliphatic carbocycles. The molecule has 9 heteroatoms. The number of anilines is 1. The minimum Gasteiger partial charge on any atom is -0.497 e. The van der Waals surface area contributed by atoms with Crippen LogP contribution in [0.25, 0.3) is 10.2 Å². The number of hydrogen-bond donors (Lipinski definition) is 0. The van der Waals surface area contributed by atoms with Crippen LogP contribution in [0.15, 0.2) is 48.5 Å². The summed E-state index contributed by atoms with van der Waals surface area (Å²) in [5, 5.41) is 0.951. The zero-order chi connectivity index (χ0) is 22.6. The number of rotatable bonds is 8. The van der Waals surface area contributed by atoms with E-state index in [2.05, 4.69) is 4.90 Å². The molecule has 1 aliphatic rings. The Kier molecular flexibility index (Phi) is 6.95. The van der Waals surface area contributed by atoms with E-state index in [9.17, 15) is 13.2 Å². The van der Waals surface area contributed by atoms with E-state index in [0.29, 0.717) is 19.5 Å². The number of sulfone groups is 1. The topological polar surface area (TPSA) is 79.8 Å². The van der Waals surface area contributed by atoms with Crippen molar-refractivity contribution in [3.8, 4) is 5.75 Å². The third-order valence-corrected chi connectivity index (χ3v) is 8.33. The monoisotopic (exact) mass is 473 g/mol. The van der Waals surface area contributed by atoms with Gasteiger partial charge in [-0.1, -0.05) is 41.7 Å². The van der Waals surface area contributed by atoms with Crippen LogP contribution in [0.3, 0.4) is 0 Å². The highest BCUT2D eigenvalue weighted by Gasteiger charge is 2.23. The second-order valence-corrected chi connectivity index (χ2v) is 11.1. The van der Waals surface area contributed by atoms with Crippen molar-refractivity contribution in [1.29, 1.82) is 0 Å². The summed E-state index contributed by atoms with van der Waals surface area (Å²) in [4.78, 5) is 21.3. The summed E-state index contributed by atoms with van der Waals surface area (Å²) in [6.07, 6.45) is 0.614. The molecule has 2 heterocycles. The fourth-order valence-electron chi connectivity index (χ4n) is 3.80. The van der Waals surface area contributed by atoms with Gasteiger partial charge in [-0.25, -0.2) is 13.4 Å². The molecule has 0 saturated carbocycles. The van der Waals surface area contributed by atoms with Gasteiger partial charge in [-0.3, -0.25) is 4.79 Å². The Morgan fingerprint density at radius 3 is 2.56 bits per heavy atom. The van der Waals surface area contributed by atoms with E-state index in [1.165, 1.54) is 0 Å². The number of carbonyl (C=O) groups is 1. The van der Waals surface area contributed by atoms with Crippen LogP contribution in [-0.4, -0.2) is 63.3 Å². The largest absolute Gasteiger partial charge is 0.497 e. The summed E-state index contributed by atoms with van der Waals surface area (Å²) in [6.45, 7) is 2.67. The minimum atomic E-state index is -3.22. The molecule has 1 aliphatic heterocycles. The molecule has 1 aromatic heterocycles. The van der Waals surface area contributed by atoms with Crippen LogP contribution >= 0.6 is 11.3 Å². The van der Waals surface area contributed by atoms with Gasteiger partial charge in [-0.05, 0) is 30.2 Å². The van der Waals surface area contributed by atoms with E-state index in [4.69, 9.17) is 9.72 Å². The van der Waals surface area contributed by atoms with Crippen LogP contribution in [0.5, 0.6) is 5.75 Å². The van der Waals surface area contributed by atoms with Crippen molar-refractivity contribution in [3.63, 3.8) is 0 Å². The van der Waals surface area contributed by atoms with Gasteiger partial charge in [-0.2, -0.15) is 0 Å². The molecular weight excluding hydrogens is 446 g/mol. The van der Waals surface area contributed by atoms with Gasteiger partial charge in [0.25, 0.3) is 0 Å². The van der Waals surface area contributed by atoms with Crippen LogP contribution in [0.4, 0.5) is 5.13 Å². The molecule has 0 unspecified atom stereocenters. The zero-order valence-electron chi connectivity index (χ0n) is 18.1. The van der Waals surface area contributed by atoms with Crippen molar-refractivity contribution in [2.24, 2.45) is 0 Å². The number of benzene rings is 2. The summed E-state index contributed by atoms with van der Waals surface area (Å²) >= 11 is 1.62. The Bertz CT molecular complexity index is 1170. The second-order valence-electron chi connectivity index (χ2n) is 7.88. The van der Waals surface area contributed by atoms with Gasteiger partial charge in [0.1, 0.15) is 5.75 Å². The Morgan fingerprint density at radius 2 is 1.84 bits per heavy atom. The summed E-state index contributed by atoms with van der Waals surface area (Å²) in [5.74, 6) is 0.889. The van der Waals surface area contributed by atoms with Gasteiger partial charge in [0.2, 0.25) is 5.91 Å². The van der Waals surface area contributed by atoms with Crippen LogP contribution < -0.4 is 9.64 Å². The number of nitrogens with zero attached hydrogens (tertiary/aromatic N) is 3. The third kappa shape index (κ3) is 5.58. The lowest BCUT2D eigenvalue weighted by atomic mass is 10.2. The van der Waals surface area contributed by atoms with Crippen LogP contribution in [-0.2, 0) is 20.4 Å². The third-order valence-electron chi connectivity index (χ3n) is 5.56. The maximum Gasteiger partial charge on any atom is 0.222 e. The first-order chi connectivity index (χ1) is 15.4. The highest BCUT2D eigenvalue weighted by molar-refractivity contribution is 7.90. The maximum atomic E-state index is 12.6. The number of thiazole rings is 1. The van der Waals surface area contributed by atoms with Crippen molar-refractivity contribution < 1.29 is 17.9 Å². The van der Waals surface area contributed by atoms with Crippen molar-refractivity contribution in [1.82, 2.24) is 9.88 Å². The summed E-state index contributed by atoms with van der Waals surface area (Å²) in [6, 6.07) is 15.0. The number of amides is 1. The molecule has 0 radical (unpaired) electrons. The molecule has 1 amide bonds. The lowest BCUT2D eigenvalue weighted by molar-refractivity contribution is -0.131. The van der Waals surface area contributed by atoms with E-state index >= 15 is 0 Å². The standard InChI is InChI=1S/C23H27N3O4S2/c1-30-19-9-10-20-21(16-19)31-23(24-20)26-13-11-25(12-14-26)22(27)8-5-15-32(28,29)17-18-6-3-2-4-7-18/h2-4,6-7,9-10,16H,5,8,11-15,17H2,1H3. The molecule has 170 valence electrons. The predicted molar refractivity (Wildman–Crippen MR) is 128 cm³/mol. The smallest absolute Gasteiger partial charge is 0.222 e. The number of hydrogen-bond acceptors (Lipinski definition) is 7. The Hall–Kier alpha value is -2.65. The van der Waals surface area contributed by atoms with Crippen molar-refractivity contribution in [2.45, 2.75) is 18.6 Å². The van der Waals surface area contributed by atoms with E-state index in [0.717, 1.165) is 39.8 Å². The minimum absolute atomic E-state index is 0.0218. The van der Waals surface area contributed by atoms with Crippen molar-refractivity contribution in [3.05, 3.63) is 54.1 Å². The summed E-state index contributed by atoms with van der Waals surface area (Å²) < 4.78 is 31.0. The van der Waals surface area contributed by atoms with Crippen molar-refractivity contribution in [2.75, 3.05) is 43.9 Å². The number of ether oxygens (including phenoxy) is 1. The van der Waals surface area contributed by atoms with E-state index in [-0.39, 0.29) is 23.8 Å². The molecule has 0 N–H and O–H groups in total. The summed E-state index contributed by atoms with van der Waals surface area (Å²) in [5.41, 5.74) is 1.73. The Morgan fingerprint density at radius 1 is 1.09 bits per heavy atom. The lowest BCUT2D eigenvalue weighted by Gasteiger charge is -2.34. The molecule has 7 nitrogen and oxygen atoms in total. The van der Waals surface area contributed by atoms with Crippen LogP contribution in [0.2, 0.25) is 0 Å². The molecule has 0 atom stereocenters. The average Bonchev–Trinajstić information content (AvgIpc) is 3.22. The molecule has 4 rings (SSSR count). The van der Waals surface area contributed by atoms with E-state index in [1.807, 2.05) is 53.4 Å². The van der Waals surface area contributed by atoms with E-state index < -0.39 is 9.84 Å². The second kappa shape index (κ2) is 9.87. The normalized spacial score (nSPS) is 14.7. The SMILES string of the molecule is COc1ccc2nc(N3CCN(C(=O)CCCS(=O)(=O)Cc4ccccc4)CC3)sc2c1. The van der Waals surface area contributed by atoms with Gasteiger partial charge >= 0.3 is 0 Å². The van der Waals surface area contributed by atoms with E-state index in [1.54, 1.807) is 18.4 Å². The molecule has 3 aromatic rings. The molecule has 1 fully saturated rings. The predicted octanol–water partition coefficient (Wildman–Crippen LogP) is 3.35. The number of piperazine rings is 1. The molecule has 0 spiro atoms. The van der Waals surface area contributed by atoms with Gasteiger partial charge < -0.3 is 14.5 Å². The fourth-order valence-corrected chi connectivity index (χ4v) is 6.28. The van der Waals surface area contributed by atoms with Crippen molar-refractivity contribution >= 4 is 42.4 Å². The quantitative estimate of drug-likeness (QED) is 0.499. The van der Waals surface area contributed by atoms with Gasteiger partial charge in [0.05, 0.1) is 28.8 Å². The Labute approximate surface area is 192 Å². The number of aromatic nitrogens is 1. The zero-order valence-corrected chi connectivity index (χ0v) is 19.7. The Balaban J connectivity index is 1.25. The maximum absolute atomic E-state index is 12.6. The molecular formula is C23H27N3O4S2. The molecule has 32 heavy (non-hydrogen) atoms.